The number of benzene rings is 1. The number of aromatic nitrogens is 3. The average molecular weight is 239 g/mol. The van der Waals surface area contributed by atoms with E-state index in [1.54, 1.807) is 16.7 Å². The Morgan fingerprint density at radius 2 is 2.06 bits per heavy atom. The van der Waals surface area contributed by atoms with Gasteiger partial charge in [-0.2, -0.15) is 5.10 Å². The summed E-state index contributed by atoms with van der Waals surface area (Å²) in [6.45, 7) is 0.337. The van der Waals surface area contributed by atoms with E-state index < -0.39 is 0 Å². The molecule has 0 aliphatic heterocycles. The minimum Gasteiger partial charge on any atom is -0.395 e. The maximum atomic E-state index is 12.8. The lowest BCUT2D eigenvalue weighted by molar-refractivity contribution is 0.276. The van der Waals surface area contributed by atoms with Crippen LogP contribution in [0, 0.1) is 10.6 Å². The molecule has 16 heavy (non-hydrogen) atoms. The zero-order valence-corrected chi connectivity index (χ0v) is 9.17. The van der Waals surface area contributed by atoms with Crippen molar-refractivity contribution in [3.05, 3.63) is 34.9 Å². The van der Waals surface area contributed by atoms with Crippen LogP contribution in [0.2, 0.25) is 0 Å². The fourth-order valence-corrected chi connectivity index (χ4v) is 1.67. The van der Waals surface area contributed by atoms with Crippen LogP contribution < -0.4 is 0 Å². The molecular formula is C10H10FN3OS. The third-order valence-electron chi connectivity index (χ3n) is 2.18. The van der Waals surface area contributed by atoms with E-state index in [0.717, 1.165) is 5.56 Å². The van der Waals surface area contributed by atoms with Gasteiger partial charge in [0.15, 0.2) is 10.6 Å². The summed E-state index contributed by atoms with van der Waals surface area (Å²) in [6.07, 6.45) is 0. The highest BCUT2D eigenvalue weighted by Gasteiger charge is 2.07. The maximum absolute atomic E-state index is 12.8. The largest absolute Gasteiger partial charge is 0.395 e. The van der Waals surface area contributed by atoms with Crippen molar-refractivity contribution < 1.29 is 9.50 Å². The molecule has 1 aromatic heterocycles. The standard InChI is InChI=1S/C10H10FN3OS/c11-8-3-1-7(2-4-8)9-12-13-10(16)14(9)5-6-15/h1-4,15H,5-6H2,(H,13,16). The Balaban J connectivity index is 2.47. The second kappa shape index (κ2) is 4.54. The van der Waals surface area contributed by atoms with Gasteiger partial charge in [0.1, 0.15) is 5.82 Å². The van der Waals surface area contributed by atoms with Gasteiger partial charge in [-0.3, -0.25) is 9.67 Å². The van der Waals surface area contributed by atoms with Gasteiger partial charge in [-0.15, -0.1) is 0 Å². The molecule has 84 valence electrons. The van der Waals surface area contributed by atoms with E-state index in [-0.39, 0.29) is 12.4 Å². The Labute approximate surface area is 96.4 Å². The van der Waals surface area contributed by atoms with Gasteiger partial charge in [0.2, 0.25) is 0 Å². The summed E-state index contributed by atoms with van der Waals surface area (Å²) in [6, 6.07) is 5.95. The molecule has 1 aromatic carbocycles. The quantitative estimate of drug-likeness (QED) is 0.802. The predicted octanol–water partition coefficient (Wildman–Crippen LogP) is 1.74. The Morgan fingerprint density at radius 3 is 2.69 bits per heavy atom. The molecule has 1 heterocycles. The summed E-state index contributed by atoms with van der Waals surface area (Å²) in [5, 5.41) is 15.6. The fraction of sp³-hybridized carbons (Fsp3) is 0.200. The molecular weight excluding hydrogens is 229 g/mol. The van der Waals surface area contributed by atoms with E-state index >= 15 is 0 Å². The molecule has 0 atom stereocenters. The fourth-order valence-electron chi connectivity index (χ4n) is 1.44. The lowest BCUT2D eigenvalue weighted by atomic mass is 10.2. The first-order valence-electron chi connectivity index (χ1n) is 4.74. The highest BCUT2D eigenvalue weighted by Crippen LogP contribution is 2.17. The zero-order valence-electron chi connectivity index (χ0n) is 8.35. The number of aromatic amines is 1. The molecule has 0 fully saturated rings. The molecule has 0 bridgehead atoms. The van der Waals surface area contributed by atoms with E-state index in [0.29, 0.717) is 17.1 Å². The molecule has 0 saturated heterocycles. The molecule has 2 aromatic rings. The summed E-state index contributed by atoms with van der Waals surface area (Å²) >= 11 is 5.02. The molecule has 0 aliphatic rings. The van der Waals surface area contributed by atoms with Crippen molar-refractivity contribution >= 4 is 12.2 Å². The van der Waals surface area contributed by atoms with Crippen LogP contribution in [0.5, 0.6) is 0 Å². The van der Waals surface area contributed by atoms with Crippen LogP contribution in [-0.2, 0) is 6.54 Å². The van der Waals surface area contributed by atoms with Crippen molar-refractivity contribution in [2.24, 2.45) is 0 Å². The van der Waals surface area contributed by atoms with Gasteiger partial charge in [0, 0.05) is 5.56 Å². The predicted molar refractivity (Wildman–Crippen MR) is 59.9 cm³/mol. The number of nitrogens with zero attached hydrogens (tertiary/aromatic N) is 2. The highest BCUT2D eigenvalue weighted by atomic mass is 32.1. The normalized spacial score (nSPS) is 10.6. The molecule has 2 N–H and O–H groups in total. The van der Waals surface area contributed by atoms with Crippen LogP contribution in [0.15, 0.2) is 24.3 Å². The molecule has 2 rings (SSSR count). The Bertz CT molecular complexity index is 532. The SMILES string of the molecule is OCCn1c(-c2ccc(F)cc2)n[nH]c1=S. The van der Waals surface area contributed by atoms with Crippen LogP contribution in [0.4, 0.5) is 4.39 Å². The molecule has 6 heteroatoms. The molecule has 0 radical (unpaired) electrons. The Hall–Kier alpha value is -1.53. The Kier molecular flexibility index (Phi) is 3.12. The highest BCUT2D eigenvalue weighted by molar-refractivity contribution is 7.71. The number of H-pyrrole nitrogens is 1. The van der Waals surface area contributed by atoms with Crippen LogP contribution in [-0.4, -0.2) is 26.5 Å². The van der Waals surface area contributed by atoms with E-state index in [1.807, 2.05) is 0 Å². The summed E-state index contributed by atoms with van der Waals surface area (Å²) in [5.41, 5.74) is 0.752. The first-order valence-corrected chi connectivity index (χ1v) is 5.15. The molecule has 0 unspecified atom stereocenters. The van der Waals surface area contributed by atoms with Crippen molar-refractivity contribution in [3.63, 3.8) is 0 Å². The van der Waals surface area contributed by atoms with E-state index in [9.17, 15) is 4.39 Å². The third-order valence-corrected chi connectivity index (χ3v) is 2.50. The summed E-state index contributed by atoms with van der Waals surface area (Å²) < 4.78 is 14.9. The number of hydrogen-bond acceptors (Lipinski definition) is 3. The maximum Gasteiger partial charge on any atom is 0.195 e. The molecule has 0 amide bonds. The van der Waals surface area contributed by atoms with Crippen molar-refractivity contribution in [1.29, 1.82) is 0 Å². The van der Waals surface area contributed by atoms with Crippen LogP contribution in [0.3, 0.4) is 0 Å². The molecule has 4 nitrogen and oxygen atoms in total. The lowest BCUT2D eigenvalue weighted by Gasteiger charge is -2.04. The van der Waals surface area contributed by atoms with Gasteiger partial charge >= 0.3 is 0 Å². The van der Waals surface area contributed by atoms with Gasteiger partial charge in [-0.25, -0.2) is 4.39 Å². The van der Waals surface area contributed by atoms with E-state index in [4.69, 9.17) is 17.3 Å². The van der Waals surface area contributed by atoms with E-state index in [2.05, 4.69) is 10.2 Å². The minimum absolute atomic E-state index is 0.0258. The number of aliphatic hydroxyl groups is 1. The van der Waals surface area contributed by atoms with Gasteiger partial charge in [-0.1, -0.05) is 0 Å². The first-order chi connectivity index (χ1) is 7.72. The van der Waals surface area contributed by atoms with Gasteiger partial charge in [-0.05, 0) is 36.5 Å². The van der Waals surface area contributed by atoms with Crippen LogP contribution in [0.25, 0.3) is 11.4 Å². The second-order valence-corrected chi connectivity index (χ2v) is 3.62. The summed E-state index contributed by atoms with van der Waals surface area (Å²) in [5.74, 6) is 0.297. The van der Waals surface area contributed by atoms with Gasteiger partial charge in [0.05, 0.1) is 13.2 Å². The van der Waals surface area contributed by atoms with Crippen molar-refractivity contribution in [1.82, 2.24) is 14.8 Å². The zero-order chi connectivity index (χ0) is 11.5. The van der Waals surface area contributed by atoms with Crippen molar-refractivity contribution in [3.8, 4) is 11.4 Å². The number of nitrogens with one attached hydrogen (secondary N) is 1. The van der Waals surface area contributed by atoms with Crippen molar-refractivity contribution in [2.45, 2.75) is 6.54 Å². The van der Waals surface area contributed by atoms with Crippen LogP contribution >= 0.6 is 12.2 Å². The molecule has 0 aliphatic carbocycles. The topological polar surface area (TPSA) is 53.8 Å². The number of rotatable bonds is 3. The third kappa shape index (κ3) is 2.02. The van der Waals surface area contributed by atoms with Gasteiger partial charge in [0.25, 0.3) is 0 Å². The smallest absolute Gasteiger partial charge is 0.195 e. The number of hydrogen-bond donors (Lipinski definition) is 2. The monoisotopic (exact) mass is 239 g/mol. The van der Waals surface area contributed by atoms with Crippen molar-refractivity contribution in [2.75, 3.05) is 6.61 Å². The summed E-state index contributed by atoms with van der Waals surface area (Å²) in [7, 11) is 0. The molecule has 0 spiro atoms. The van der Waals surface area contributed by atoms with Gasteiger partial charge < -0.3 is 5.11 Å². The van der Waals surface area contributed by atoms with Crippen LogP contribution in [0.1, 0.15) is 0 Å². The molecule has 0 saturated carbocycles. The summed E-state index contributed by atoms with van der Waals surface area (Å²) in [4.78, 5) is 0. The number of halogens is 1. The second-order valence-electron chi connectivity index (χ2n) is 3.23. The number of aliphatic hydroxyl groups excluding tert-OH is 1. The first kappa shape index (κ1) is 11.0. The minimum atomic E-state index is -0.299. The average Bonchev–Trinajstić information content (AvgIpc) is 2.63. The lowest BCUT2D eigenvalue weighted by Crippen LogP contribution is -2.04. The van der Waals surface area contributed by atoms with E-state index in [1.165, 1.54) is 12.1 Å². The Morgan fingerprint density at radius 1 is 1.38 bits per heavy atom.